The summed E-state index contributed by atoms with van der Waals surface area (Å²) in [6, 6.07) is 10.4. The van der Waals surface area contributed by atoms with Crippen molar-refractivity contribution in [2.24, 2.45) is 0 Å². The van der Waals surface area contributed by atoms with Gasteiger partial charge in [0.25, 0.3) is 5.69 Å². The van der Waals surface area contributed by atoms with E-state index in [2.05, 4.69) is 21.2 Å². The van der Waals surface area contributed by atoms with Crippen molar-refractivity contribution < 1.29 is 24.1 Å². The SMILES string of the molecule is CNC(=O)C(Cc1ccc(Br)cc1)N(c1ccc([N+](=O)[O-])cc1)P(=O)(O)O. The van der Waals surface area contributed by atoms with E-state index in [1.807, 2.05) is 0 Å². The molecular weight excluding hydrogens is 441 g/mol. The number of carbonyl (C=O) groups is 1. The average Bonchev–Trinajstić information content (AvgIpc) is 2.61. The molecule has 0 saturated heterocycles. The summed E-state index contributed by atoms with van der Waals surface area (Å²) in [5, 5.41) is 13.2. The van der Waals surface area contributed by atoms with Gasteiger partial charge in [-0.1, -0.05) is 28.1 Å². The predicted octanol–water partition coefficient (Wildman–Crippen LogP) is 2.61. The largest absolute Gasteiger partial charge is 0.430 e. The molecule has 0 bridgehead atoms. The van der Waals surface area contributed by atoms with Gasteiger partial charge in [-0.15, -0.1) is 0 Å². The lowest BCUT2D eigenvalue weighted by Crippen LogP contribution is -2.46. The van der Waals surface area contributed by atoms with E-state index in [1.165, 1.54) is 19.2 Å². The second-order valence-electron chi connectivity index (χ2n) is 5.59. The highest BCUT2D eigenvalue weighted by molar-refractivity contribution is 9.10. The number of nitrogens with zero attached hydrogens (tertiary/aromatic N) is 2. The van der Waals surface area contributed by atoms with Gasteiger partial charge < -0.3 is 15.1 Å². The fourth-order valence-electron chi connectivity index (χ4n) is 2.54. The molecule has 0 aliphatic carbocycles. The van der Waals surface area contributed by atoms with Gasteiger partial charge >= 0.3 is 7.75 Å². The van der Waals surface area contributed by atoms with E-state index in [9.17, 15) is 29.3 Å². The Morgan fingerprint density at radius 2 is 1.78 bits per heavy atom. The number of non-ortho nitro benzene ring substituents is 1. The van der Waals surface area contributed by atoms with Gasteiger partial charge in [-0.05, 0) is 29.8 Å². The van der Waals surface area contributed by atoms with E-state index < -0.39 is 24.6 Å². The highest BCUT2D eigenvalue weighted by Gasteiger charge is 2.37. The highest BCUT2D eigenvalue weighted by atomic mass is 79.9. The van der Waals surface area contributed by atoms with E-state index in [1.54, 1.807) is 24.3 Å². The molecule has 2 aromatic carbocycles. The number of hydrogen-bond donors (Lipinski definition) is 3. The molecule has 0 heterocycles. The Balaban J connectivity index is 2.47. The average molecular weight is 458 g/mol. The van der Waals surface area contributed by atoms with Gasteiger partial charge in [0.15, 0.2) is 0 Å². The standard InChI is InChI=1S/C16H17BrN3O6P/c1-18-16(21)15(10-11-2-4-12(17)5-3-11)19(27(24,25)26)13-6-8-14(9-7-13)20(22)23/h2-9,15H,10H2,1H3,(H,18,21)(H2,24,25,26). The van der Waals surface area contributed by atoms with E-state index in [4.69, 9.17) is 0 Å². The molecule has 0 radical (unpaired) electrons. The van der Waals surface area contributed by atoms with Crippen molar-refractivity contribution in [3.8, 4) is 0 Å². The highest BCUT2D eigenvalue weighted by Crippen LogP contribution is 2.46. The lowest BCUT2D eigenvalue weighted by atomic mass is 10.0. The van der Waals surface area contributed by atoms with E-state index in [0.717, 1.165) is 16.6 Å². The Hall–Kier alpha value is -2.26. The van der Waals surface area contributed by atoms with Crippen molar-refractivity contribution in [1.29, 1.82) is 0 Å². The first-order valence-corrected chi connectivity index (χ1v) is 10.0. The van der Waals surface area contributed by atoms with Crippen LogP contribution in [0.5, 0.6) is 0 Å². The zero-order valence-electron chi connectivity index (χ0n) is 14.2. The molecule has 1 unspecified atom stereocenters. The van der Waals surface area contributed by atoms with Crippen molar-refractivity contribution in [3.05, 3.63) is 68.7 Å². The number of halogens is 1. The van der Waals surface area contributed by atoms with Crippen LogP contribution in [0.2, 0.25) is 0 Å². The van der Waals surface area contributed by atoms with Gasteiger partial charge in [-0.2, -0.15) is 0 Å². The minimum atomic E-state index is -4.91. The van der Waals surface area contributed by atoms with Crippen molar-refractivity contribution in [2.45, 2.75) is 12.5 Å². The maximum Gasteiger partial charge on any atom is 0.430 e. The number of rotatable bonds is 7. The summed E-state index contributed by atoms with van der Waals surface area (Å²) >= 11 is 3.30. The number of nitro benzene ring substituents is 1. The third kappa shape index (κ3) is 5.36. The van der Waals surface area contributed by atoms with Crippen LogP contribution in [0.1, 0.15) is 5.56 Å². The third-order valence-electron chi connectivity index (χ3n) is 3.79. The molecule has 27 heavy (non-hydrogen) atoms. The first kappa shape index (κ1) is 21.0. The molecule has 2 aromatic rings. The Morgan fingerprint density at radius 3 is 2.22 bits per heavy atom. The van der Waals surface area contributed by atoms with Gasteiger partial charge in [-0.3, -0.25) is 19.6 Å². The first-order valence-electron chi connectivity index (χ1n) is 7.69. The maximum absolute atomic E-state index is 12.4. The van der Waals surface area contributed by atoms with Crippen LogP contribution in [0, 0.1) is 10.1 Å². The first-order chi connectivity index (χ1) is 12.6. The van der Waals surface area contributed by atoms with Gasteiger partial charge in [-0.25, -0.2) is 4.57 Å². The Labute approximate surface area is 163 Å². The molecular formula is C16H17BrN3O6P. The Kier molecular flexibility index (Phi) is 6.72. The monoisotopic (exact) mass is 457 g/mol. The molecule has 0 aliphatic heterocycles. The Morgan fingerprint density at radius 1 is 1.22 bits per heavy atom. The minimum Gasteiger partial charge on any atom is -0.357 e. The smallest absolute Gasteiger partial charge is 0.357 e. The van der Waals surface area contributed by atoms with Crippen LogP contribution < -0.4 is 9.99 Å². The zero-order valence-corrected chi connectivity index (χ0v) is 16.6. The Bertz CT molecular complexity index is 869. The number of carbonyl (C=O) groups excluding carboxylic acids is 1. The van der Waals surface area contributed by atoms with Gasteiger partial charge in [0.1, 0.15) is 6.04 Å². The molecule has 9 nitrogen and oxygen atoms in total. The topological polar surface area (TPSA) is 133 Å². The van der Waals surface area contributed by atoms with Crippen molar-refractivity contribution >= 4 is 41.0 Å². The van der Waals surface area contributed by atoms with Gasteiger partial charge in [0, 0.05) is 35.8 Å². The molecule has 11 heteroatoms. The quantitative estimate of drug-likeness (QED) is 0.330. The molecule has 1 atom stereocenters. The van der Waals surface area contributed by atoms with Crippen LogP contribution in [0.4, 0.5) is 11.4 Å². The number of amides is 1. The van der Waals surface area contributed by atoms with Crippen LogP contribution in [0.25, 0.3) is 0 Å². The van der Waals surface area contributed by atoms with Crippen molar-refractivity contribution in [3.63, 3.8) is 0 Å². The minimum absolute atomic E-state index is 0.000329. The molecule has 0 fully saturated rings. The van der Waals surface area contributed by atoms with Crippen LogP contribution >= 0.6 is 23.7 Å². The van der Waals surface area contributed by atoms with Crippen molar-refractivity contribution in [2.75, 3.05) is 11.7 Å². The third-order valence-corrected chi connectivity index (χ3v) is 5.39. The number of benzene rings is 2. The molecule has 0 spiro atoms. The number of anilines is 1. The summed E-state index contributed by atoms with van der Waals surface area (Å²) in [6.45, 7) is 0. The predicted molar refractivity (Wildman–Crippen MR) is 103 cm³/mol. The second-order valence-corrected chi connectivity index (χ2v) is 7.97. The molecule has 1 amide bonds. The van der Waals surface area contributed by atoms with Crippen LogP contribution in [0.3, 0.4) is 0 Å². The van der Waals surface area contributed by atoms with E-state index in [-0.39, 0.29) is 17.8 Å². The maximum atomic E-state index is 12.4. The number of likely N-dealkylation sites (N-methyl/N-ethyl adjacent to an activating group) is 1. The second kappa shape index (κ2) is 8.62. The van der Waals surface area contributed by atoms with Crippen molar-refractivity contribution in [1.82, 2.24) is 5.32 Å². The fourth-order valence-corrected chi connectivity index (χ4v) is 3.79. The fraction of sp³-hybridized carbons (Fsp3) is 0.188. The molecule has 0 aromatic heterocycles. The summed E-state index contributed by atoms with van der Waals surface area (Å²) in [7, 11) is -3.55. The van der Waals surface area contributed by atoms with Gasteiger partial charge in [0.2, 0.25) is 5.91 Å². The van der Waals surface area contributed by atoms with E-state index in [0.29, 0.717) is 10.2 Å². The summed E-state index contributed by atoms with van der Waals surface area (Å²) in [6.07, 6.45) is 0.0229. The lowest BCUT2D eigenvalue weighted by molar-refractivity contribution is -0.384. The lowest BCUT2D eigenvalue weighted by Gasteiger charge is -2.32. The number of nitrogens with one attached hydrogen (secondary N) is 1. The number of hydrogen-bond acceptors (Lipinski definition) is 4. The molecule has 0 aliphatic rings. The van der Waals surface area contributed by atoms with Crippen LogP contribution in [0.15, 0.2) is 53.0 Å². The van der Waals surface area contributed by atoms with Crippen LogP contribution in [-0.4, -0.2) is 33.7 Å². The summed E-state index contributed by atoms with van der Waals surface area (Å²) in [5.74, 6) is -0.598. The van der Waals surface area contributed by atoms with Crippen LogP contribution in [-0.2, 0) is 15.8 Å². The van der Waals surface area contributed by atoms with E-state index >= 15 is 0 Å². The number of nitro groups is 1. The summed E-state index contributed by atoms with van der Waals surface area (Å²) in [4.78, 5) is 42.3. The van der Waals surface area contributed by atoms with Gasteiger partial charge in [0.05, 0.1) is 4.92 Å². The summed E-state index contributed by atoms with van der Waals surface area (Å²) < 4.78 is 13.7. The molecule has 0 saturated carbocycles. The zero-order chi connectivity index (χ0) is 20.2. The normalized spacial score (nSPS) is 12.3. The summed E-state index contributed by atoms with van der Waals surface area (Å²) in [5.41, 5.74) is 0.459. The molecule has 2 rings (SSSR count). The molecule has 3 N–H and O–H groups in total. The molecule has 144 valence electrons.